The molecule has 3 atom stereocenters. The maximum Gasteiger partial charge on any atom is 0.326 e. The number of carbonyl (C=O) groups is 5. The second-order valence-electron chi connectivity index (χ2n) is 15.7. The first-order chi connectivity index (χ1) is 26.1. The Morgan fingerprint density at radius 1 is 0.519 bits per heavy atom. The molecule has 0 aromatic heterocycles. The van der Waals surface area contributed by atoms with Gasteiger partial charge in [0.2, 0.25) is 5.91 Å². The lowest BCUT2D eigenvalue weighted by atomic mass is 9.98. The molecule has 0 saturated heterocycles. The van der Waals surface area contributed by atoms with Gasteiger partial charge in [0.25, 0.3) is 0 Å². The topological polar surface area (TPSA) is 173 Å². The SMILES string of the molecule is CCCCCCCCCCCCCCCC(=O)OC(CCCCCCCCCCCCCCC)CC(=O)C(N)CCCC(=O)N[C@@H](CCC(=O)O)C(=O)O. The molecule has 0 aliphatic carbocycles. The Bertz CT molecular complexity index is 959. The molecule has 316 valence electrons. The van der Waals surface area contributed by atoms with Crippen molar-refractivity contribution in [3.63, 3.8) is 0 Å². The van der Waals surface area contributed by atoms with Crippen LogP contribution in [0.15, 0.2) is 0 Å². The maximum atomic E-state index is 13.1. The molecule has 0 rings (SSSR count). The van der Waals surface area contributed by atoms with Crippen LogP contribution in [0.25, 0.3) is 0 Å². The Labute approximate surface area is 329 Å². The van der Waals surface area contributed by atoms with Crippen molar-refractivity contribution in [2.24, 2.45) is 5.73 Å². The molecule has 0 fully saturated rings. The molecule has 0 aliphatic rings. The molecule has 0 aliphatic heterocycles. The summed E-state index contributed by atoms with van der Waals surface area (Å²) in [6.07, 6.45) is 32.5. The highest BCUT2D eigenvalue weighted by molar-refractivity contribution is 5.85. The first kappa shape index (κ1) is 51.5. The van der Waals surface area contributed by atoms with E-state index < -0.39 is 36.0 Å². The molecule has 1 amide bonds. The minimum absolute atomic E-state index is 0.0334. The predicted octanol–water partition coefficient (Wildman–Crippen LogP) is 10.8. The van der Waals surface area contributed by atoms with Crippen molar-refractivity contribution in [1.29, 1.82) is 0 Å². The maximum absolute atomic E-state index is 13.1. The number of carboxylic acids is 2. The van der Waals surface area contributed by atoms with Gasteiger partial charge >= 0.3 is 17.9 Å². The normalized spacial score (nSPS) is 12.9. The number of ketones is 1. The van der Waals surface area contributed by atoms with E-state index in [9.17, 15) is 29.1 Å². The lowest BCUT2D eigenvalue weighted by Crippen LogP contribution is -2.41. The number of hydrogen-bond donors (Lipinski definition) is 4. The van der Waals surface area contributed by atoms with E-state index in [1.807, 2.05) is 0 Å². The van der Waals surface area contributed by atoms with E-state index in [1.54, 1.807) is 0 Å². The highest BCUT2D eigenvalue weighted by Crippen LogP contribution is 2.18. The van der Waals surface area contributed by atoms with E-state index in [0.29, 0.717) is 12.8 Å². The number of nitrogens with two attached hydrogens (primary N) is 1. The largest absolute Gasteiger partial charge is 0.481 e. The zero-order valence-electron chi connectivity index (χ0n) is 34.7. The van der Waals surface area contributed by atoms with Crippen molar-refractivity contribution in [1.82, 2.24) is 5.32 Å². The highest BCUT2D eigenvalue weighted by atomic mass is 16.5. The number of carboxylic acid groups (broad SMARTS) is 2. The summed E-state index contributed by atoms with van der Waals surface area (Å²) in [6.45, 7) is 4.50. The molecule has 10 nitrogen and oxygen atoms in total. The summed E-state index contributed by atoms with van der Waals surface area (Å²) in [6, 6.07) is -2.11. The van der Waals surface area contributed by atoms with Crippen molar-refractivity contribution >= 4 is 29.6 Å². The van der Waals surface area contributed by atoms with Crippen LogP contribution in [-0.4, -0.2) is 58.0 Å². The van der Waals surface area contributed by atoms with Gasteiger partial charge in [0, 0.05) is 25.7 Å². The van der Waals surface area contributed by atoms with Gasteiger partial charge in [0.05, 0.1) is 6.04 Å². The van der Waals surface area contributed by atoms with Gasteiger partial charge in [-0.25, -0.2) is 4.79 Å². The van der Waals surface area contributed by atoms with Gasteiger partial charge in [-0.2, -0.15) is 0 Å². The molecule has 54 heavy (non-hydrogen) atoms. The van der Waals surface area contributed by atoms with Gasteiger partial charge < -0.3 is 26.0 Å². The summed E-state index contributed by atoms with van der Waals surface area (Å²) in [4.78, 5) is 60.4. The second-order valence-corrected chi connectivity index (χ2v) is 15.7. The lowest BCUT2D eigenvalue weighted by Gasteiger charge is -2.20. The average Bonchev–Trinajstić information content (AvgIpc) is 3.13. The third-order valence-electron chi connectivity index (χ3n) is 10.5. The molecular weight excluding hydrogens is 684 g/mol. The highest BCUT2D eigenvalue weighted by Gasteiger charge is 2.24. The van der Waals surface area contributed by atoms with Crippen LogP contribution in [0.3, 0.4) is 0 Å². The van der Waals surface area contributed by atoms with Crippen molar-refractivity contribution < 1.29 is 38.9 Å². The van der Waals surface area contributed by atoms with Gasteiger partial charge in [-0.05, 0) is 38.5 Å². The summed E-state index contributed by atoms with van der Waals surface area (Å²) in [5.41, 5.74) is 6.20. The van der Waals surface area contributed by atoms with Crippen LogP contribution in [0.1, 0.15) is 232 Å². The smallest absolute Gasteiger partial charge is 0.326 e. The molecule has 0 aromatic carbocycles. The monoisotopic (exact) mass is 767 g/mol. The Morgan fingerprint density at radius 2 is 0.944 bits per heavy atom. The number of Topliss-reactive ketones (excluding diaryl/α,β-unsaturated/α-hetero) is 1. The fourth-order valence-corrected chi connectivity index (χ4v) is 6.94. The zero-order valence-corrected chi connectivity index (χ0v) is 34.7. The first-order valence-electron chi connectivity index (χ1n) is 22.3. The van der Waals surface area contributed by atoms with Crippen LogP contribution in [0, 0.1) is 0 Å². The predicted molar refractivity (Wildman–Crippen MR) is 218 cm³/mol. The average molecular weight is 767 g/mol. The Hall–Kier alpha value is -2.49. The fraction of sp³-hybridized carbons (Fsp3) is 0.886. The van der Waals surface area contributed by atoms with Crippen LogP contribution in [0.5, 0.6) is 0 Å². The second kappa shape index (κ2) is 37.4. The summed E-state index contributed by atoms with van der Waals surface area (Å²) in [7, 11) is 0. The van der Waals surface area contributed by atoms with Crippen molar-refractivity contribution in [2.45, 2.75) is 250 Å². The molecular formula is C44H82N2O8. The minimum Gasteiger partial charge on any atom is -0.481 e. The van der Waals surface area contributed by atoms with Crippen LogP contribution in [0.2, 0.25) is 0 Å². The van der Waals surface area contributed by atoms with E-state index in [2.05, 4.69) is 19.2 Å². The van der Waals surface area contributed by atoms with E-state index in [-0.39, 0.29) is 50.3 Å². The molecule has 0 spiro atoms. The van der Waals surface area contributed by atoms with Crippen LogP contribution < -0.4 is 11.1 Å². The molecule has 2 unspecified atom stereocenters. The number of nitrogens with one attached hydrogen (secondary N) is 1. The number of esters is 1. The third kappa shape index (κ3) is 34.0. The van der Waals surface area contributed by atoms with Crippen LogP contribution >= 0.6 is 0 Å². The Balaban J connectivity index is 4.61. The molecule has 0 saturated carbocycles. The number of hydrogen-bond acceptors (Lipinski definition) is 7. The minimum atomic E-state index is -1.30. The van der Waals surface area contributed by atoms with Gasteiger partial charge in [-0.3, -0.25) is 19.2 Å². The molecule has 0 aromatic rings. The van der Waals surface area contributed by atoms with Gasteiger partial charge in [-0.1, -0.05) is 168 Å². The van der Waals surface area contributed by atoms with E-state index >= 15 is 0 Å². The van der Waals surface area contributed by atoms with E-state index in [1.165, 1.54) is 128 Å². The summed E-state index contributed by atoms with van der Waals surface area (Å²) >= 11 is 0. The molecule has 0 bridgehead atoms. The number of aliphatic carboxylic acids is 2. The fourth-order valence-electron chi connectivity index (χ4n) is 6.94. The van der Waals surface area contributed by atoms with Crippen molar-refractivity contribution in [2.75, 3.05) is 0 Å². The summed E-state index contributed by atoms with van der Waals surface area (Å²) in [5, 5.41) is 20.4. The van der Waals surface area contributed by atoms with E-state index in [4.69, 9.17) is 15.6 Å². The zero-order chi connectivity index (χ0) is 40.1. The van der Waals surface area contributed by atoms with Crippen LogP contribution in [-0.2, 0) is 28.7 Å². The molecule has 5 N–H and O–H groups in total. The van der Waals surface area contributed by atoms with E-state index in [0.717, 1.165) is 38.5 Å². The molecule has 0 heterocycles. The van der Waals surface area contributed by atoms with Gasteiger partial charge in [0.15, 0.2) is 5.78 Å². The molecule has 10 heteroatoms. The lowest BCUT2D eigenvalue weighted by molar-refractivity contribution is -0.151. The first-order valence-corrected chi connectivity index (χ1v) is 22.3. The molecule has 0 radical (unpaired) electrons. The van der Waals surface area contributed by atoms with Crippen molar-refractivity contribution in [3.05, 3.63) is 0 Å². The van der Waals surface area contributed by atoms with Gasteiger partial charge in [-0.15, -0.1) is 0 Å². The summed E-state index contributed by atoms with van der Waals surface area (Å²) < 4.78 is 5.86. The number of carbonyl (C=O) groups excluding carboxylic acids is 3. The number of rotatable bonds is 41. The Morgan fingerprint density at radius 3 is 1.37 bits per heavy atom. The third-order valence-corrected chi connectivity index (χ3v) is 10.5. The van der Waals surface area contributed by atoms with Gasteiger partial charge in [0.1, 0.15) is 12.1 Å². The van der Waals surface area contributed by atoms with Crippen LogP contribution in [0.4, 0.5) is 0 Å². The Kier molecular flexibility index (Phi) is 35.7. The standard InChI is InChI=1S/C44H82N2O8/c1-3-5-7-9-11-13-15-17-19-21-23-25-27-30-37(54-43(51)33-28-26-24-22-20-18-16-14-12-10-8-6-4-2)36-40(47)38(45)31-29-32-41(48)46-39(44(52)53)34-35-42(49)50/h37-39H,3-36,45H2,1-2H3,(H,46,48)(H,49,50)(H,52,53)/t37?,38?,39-/m0/s1. The quantitative estimate of drug-likeness (QED) is 0.0349. The number of amides is 1. The number of unbranched alkanes of at least 4 members (excludes halogenated alkanes) is 24. The summed E-state index contributed by atoms with van der Waals surface area (Å²) in [5.74, 6) is -3.44. The van der Waals surface area contributed by atoms with Crippen molar-refractivity contribution in [3.8, 4) is 0 Å². The number of ether oxygens (including phenoxy) is 1.